The Bertz CT molecular complexity index is 378. The van der Waals surface area contributed by atoms with Gasteiger partial charge >= 0.3 is 0 Å². The van der Waals surface area contributed by atoms with E-state index in [1.165, 1.54) is 6.42 Å². The van der Waals surface area contributed by atoms with Crippen LogP contribution in [0.5, 0.6) is 0 Å². The average molecular weight is 346 g/mol. The first-order valence-electron chi connectivity index (χ1n) is 8.88. The molecule has 0 radical (unpaired) electrons. The van der Waals surface area contributed by atoms with Crippen molar-refractivity contribution >= 4 is 24.2 Å². The number of carbonyl (C=O) groups is 2. The lowest BCUT2D eigenvalue weighted by Crippen LogP contribution is -2.44. The van der Waals surface area contributed by atoms with Gasteiger partial charge < -0.3 is 15.1 Å². The normalized spacial score (nSPS) is 21.8. The van der Waals surface area contributed by atoms with E-state index in [-0.39, 0.29) is 30.1 Å². The Morgan fingerprint density at radius 2 is 1.91 bits per heavy atom. The maximum absolute atomic E-state index is 12.4. The van der Waals surface area contributed by atoms with Crippen LogP contribution >= 0.6 is 12.4 Å². The predicted octanol–water partition coefficient (Wildman–Crippen LogP) is 2.05. The number of rotatable bonds is 6. The van der Waals surface area contributed by atoms with Crippen molar-refractivity contribution < 1.29 is 9.59 Å². The molecule has 1 unspecified atom stereocenters. The topological polar surface area (TPSA) is 52.7 Å². The number of nitrogens with one attached hydrogen (secondary N) is 1. The van der Waals surface area contributed by atoms with Crippen LogP contribution in [-0.2, 0) is 9.59 Å². The van der Waals surface area contributed by atoms with Gasteiger partial charge in [-0.2, -0.15) is 0 Å². The summed E-state index contributed by atoms with van der Waals surface area (Å²) in [6.07, 6.45) is 6.72. The van der Waals surface area contributed by atoms with Gasteiger partial charge in [-0.1, -0.05) is 13.3 Å². The number of hydrogen-bond acceptors (Lipinski definition) is 3. The van der Waals surface area contributed by atoms with Gasteiger partial charge in [0, 0.05) is 45.1 Å². The molecule has 0 aromatic carbocycles. The van der Waals surface area contributed by atoms with Gasteiger partial charge in [-0.3, -0.25) is 9.59 Å². The van der Waals surface area contributed by atoms with Gasteiger partial charge in [0.2, 0.25) is 11.8 Å². The van der Waals surface area contributed by atoms with Crippen LogP contribution < -0.4 is 5.32 Å². The third-order valence-corrected chi connectivity index (χ3v) is 5.00. The zero-order valence-corrected chi connectivity index (χ0v) is 15.4. The molecule has 2 heterocycles. The van der Waals surface area contributed by atoms with E-state index in [9.17, 15) is 9.59 Å². The van der Waals surface area contributed by atoms with E-state index in [0.717, 1.165) is 58.3 Å². The van der Waals surface area contributed by atoms with E-state index < -0.39 is 0 Å². The number of hydrogen-bond donors (Lipinski definition) is 1. The van der Waals surface area contributed by atoms with Crippen molar-refractivity contribution in [3.63, 3.8) is 0 Å². The first kappa shape index (κ1) is 20.2. The highest BCUT2D eigenvalue weighted by atomic mass is 35.5. The number of likely N-dealkylation sites (tertiary alicyclic amines) is 1. The molecule has 0 aromatic rings. The van der Waals surface area contributed by atoms with E-state index in [1.54, 1.807) is 0 Å². The fourth-order valence-electron chi connectivity index (χ4n) is 3.46. The van der Waals surface area contributed by atoms with Crippen molar-refractivity contribution in [1.29, 1.82) is 0 Å². The van der Waals surface area contributed by atoms with Crippen molar-refractivity contribution in [3.05, 3.63) is 0 Å². The largest absolute Gasteiger partial charge is 0.346 e. The van der Waals surface area contributed by atoms with Crippen LogP contribution in [0.1, 0.15) is 51.9 Å². The first-order chi connectivity index (χ1) is 10.6. The summed E-state index contributed by atoms with van der Waals surface area (Å²) < 4.78 is 0. The molecule has 2 aliphatic heterocycles. The van der Waals surface area contributed by atoms with Gasteiger partial charge in [0.15, 0.2) is 0 Å². The minimum atomic E-state index is 0. The fourth-order valence-corrected chi connectivity index (χ4v) is 3.46. The second-order valence-corrected chi connectivity index (χ2v) is 6.77. The highest BCUT2D eigenvalue weighted by molar-refractivity contribution is 5.85. The molecule has 0 spiro atoms. The van der Waals surface area contributed by atoms with Crippen LogP contribution in [0.4, 0.5) is 0 Å². The second-order valence-electron chi connectivity index (χ2n) is 6.77. The Balaban J connectivity index is 0.00000264. The monoisotopic (exact) mass is 345 g/mol. The molecule has 1 atom stereocenters. The Morgan fingerprint density at radius 1 is 1.22 bits per heavy atom. The van der Waals surface area contributed by atoms with Crippen LogP contribution in [0.15, 0.2) is 0 Å². The molecule has 2 rings (SSSR count). The Hall–Kier alpha value is -0.810. The molecule has 2 aliphatic rings. The second kappa shape index (κ2) is 10.1. The maximum Gasteiger partial charge on any atom is 0.225 e. The summed E-state index contributed by atoms with van der Waals surface area (Å²) in [7, 11) is 1.90. The molecule has 23 heavy (non-hydrogen) atoms. The zero-order valence-electron chi connectivity index (χ0n) is 14.6. The third-order valence-electron chi connectivity index (χ3n) is 5.00. The van der Waals surface area contributed by atoms with Gasteiger partial charge in [0.05, 0.1) is 0 Å². The van der Waals surface area contributed by atoms with E-state index in [2.05, 4.69) is 12.2 Å². The predicted molar refractivity (Wildman–Crippen MR) is 94.7 cm³/mol. The van der Waals surface area contributed by atoms with Crippen molar-refractivity contribution in [2.45, 2.75) is 57.9 Å². The SMILES string of the molecule is CCCCN(C)C(=O)C1CCN(C(=O)CC2CCCN2)CC1.Cl. The highest BCUT2D eigenvalue weighted by Gasteiger charge is 2.30. The Kier molecular flexibility index (Phi) is 8.92. The van der Waals surface area contributed by atoms with Crippen molar-refractivity contribution in [2.24, 2.45) is 5.92 Å². The standard InChI is InChI=1S/C17H31N3O2.ClH/c1-3-4-10-19(2)17(22)14-7-11-20(12-8-14)16(21)13-15-6-5-9-18-15;/h14-15,18H,3-13H2,1-2H3;1H. The summed E-state index contributed by atoms with van der Waals surface area (Å²) in [5, 5.41) is 3.38. The first-order valence-corrected chi connectivity index (χ1v) is 8.88. The summed E-state index contributed by atoms with van der Waals surface area (Å²) in [6.45, 7) is 5.51. The molecule has 2 saturated heterocycles. The molecule has 0 aromatic heterocycles. The van der Waals surface area contributed by atoms with Gasteiger partial charge in [-0.25, -0.2) is 0 Å². The lowest BCUT2D eigenvalue weighted by molar-refractivity contribution is -0.140. The fraction of sp³-hybridized carbons (Fsp3) is 0.882. The Morgan fingerprint density at radius 3 is 2.48 bits per heavy atom. The zero-order chi connectivity index (χ0) is 15.9. The molecule has 0 bridgehead atoms. The molecule has 2 amide bonds. The summed E-state index contributed by atoms with van der Waals surface area (Å²) >= 11 is 0. The van der Waals surface area contributed by atoms with E-state index in [1.807, 2.05) is 16.8 Å². The molecular formula is C17H32ClN3O2. The Labute approximate surface area is 146 Å². The smallest absolute Gasteiger partial charge is 0.225 e. The average Bonchev–Trinajstić information content (AvgIpc) is 3.05. The number of amides is 2. The third kappa shape index (κ3) is 5.96. The van der Waals surface area contributed by atoms with Crippen molar-refractivity contribution in [3.8, 4) is 0 Å². The lowest BCUT2D eigenvalue weighted by Gasteiger charge is -2.33. The molecule has 134 valence electrons. The molecule has 0 saturated carbocycles. The molecule has 1 N–H and O–H groups in total. The molecule has 5 nitrogen and oxygen atoms in total. The number of halogens is 1. The molecule has 2 fully saturated rings. The quantitative estimate of drug-likeness (QED) is 0.801. The van der Waals surface area contributed by atoms with Gasteiger partial charge in [-0.05, 0) is 38.6 Å². The summed E-state index contributed by atoms with van der Waals surface area (Å²) in [5.74, 6) is 0.623. The van der Waals surface area contributed by atoms with Crippen molar-refractivity contribution in [1.82, 2.24) is 15.1 Å². The van der Waals surface area contributed by atoms with Crippen LogP contribution in [0.2, 0.25) is 0 Å². The number of carbonyl (C=O) groups excluding carboxylic acids is 2. The van der Waals surface area contributed by atoms with Gasteiger partial charge in [0.25, 0.3) is 0 Å². The highest BCUT2D eigenvalue weighted by Crippen LogP contribution is 2.21. The van der Waals surface area contributed by atoms with Gasteiger partial charge in [0.1, 0.15) is 0 Å². The van der Waals surface area contributed by atoms with Crippen LogP contribution in [0.3, 0.4) is 0 Å². The number of piperidine rings is 1. The van der Waals surface area contributed by atoms with Crippen LogP contribution in [0.25, 0.3) is 0 Å². The number of nitrogens with zero attached hydrogens (tertiary/aromatic N) is 2. The van der Waals surface area contributed by atoms with Crippen LogP contribution in [0, 0.1) is 5.92 Å². The number of unbranched alkanes of at least 4 members (excludes halogenated alkanes) is 1. The minimum Gasteiger partial charge on any atom is -0.346 e. The lowest BCUT2D eigenvalue weighted by atomic mass is 9.94. The van der Waals surface area contributed by atoms with Crippen LogP contribution in [-0.4, -0.2) is 60.9 Å². The molecule has 6 heteroatoms. The van der Waals surface area contributed by atoms with E-state index in [4.69, 9.17) is 0 Å². The molecular weight excluding hydrogens is 314 g/mol. The van der Waals surface area contributed by atoms with E-state index >= 15 is 0 Å². The minimum absolute atomic E-state index is 0. The van der Waals surface area contributed by atoms with Gasteiger partial charge in [-0.15, -0.1) is 12.4 Å². The van der Waals surface area contributed by atoms with E-state index in [0.29, 0.717) is 12.5 Å². The van der Waals surface area contributed by atoms with Crippen molar-refractivity contribution in [2.75, 3.05) is 33.2 Å². The summed E-state index contributed by atoms with van der Waals surface area (Å²) in [4.78, 5) is 28.5. The summed E-state index contributed by atoms with van der Waals surface area (Å²) in [6, 6.07) is 0.368. The summed E-state index contributed by atoms with van der Waals surface area (Å²) in [5.41, 5.74) is 0. The molecule has 0 aliphatic carbocycles. The maximum atomic E-state index is 12.4.